The van der Waals surface area contributed by atoms with E-state index in [-0.39, 0.29) is 5.96 Å². The van der Waals surface area contributed by atoms with Crippen molar-refractivity contribution < 1.29 is 17.0 Å². The summed E-state index contributed by atoms with van der Waals surface area (Å²) >= 11 is 0. The molecule has 2 N–H and O–H groups in total. The Balaban J connectivity index is 2.86. The van der Waals surface area contributed by atoms with Gasteiger partial charge in [0, 0.05) is 12.5 Å². The predicted octanol–water partition coefficient (Wildman–Crippen LogP) is -0.904. The van der Waals surface area contributed by atoms with E-state index in [1.54, 1.807) is 6.92 Å². The summed E-state index contributed by atoms with van der Waals surface area (Å²) in [7, 11) is -4.14. The van der Waals surface area contributed by atoms with E-state index in [9.17, 15) is 8.42 Å². The van der Waals surface area contributed by atoms with Gasteiger partial charge >= 0.3 is 10.4 Å². The summed E-state index contributed by atoms with van der Waals surface area (Å²) in [5.74, 6) is 2.29. The third-order valence-electron chi connectivity index (χ3n) is 0.953. The summed E-state index contributed by atoms with van der Waals surface area (Å²) in [4.78, 5) is 0. The molecule has 8 heteroatoms. The topological polar surface area (TPSA) is 94.2 Å². The molecule has 7 nitrogen and oxygen atoms in total. The van der Waals surface area contributed by atoms with E-state index in [1.807, 2.05) is 0 Å². The van der Waals surface area contributed by atoms with Crippen molar-refractivity contribution in [3.05, 3.63) is 0 Å². The van der Waals surface area contributed by atoms with E-state index in [2.05, 4.69) is 25.7 Å². The second-order valence-corrected chi connectivity index (χ2v) is 3.06. The Morgan fingerprint density at radius 1 is 1.69 bits per heavy atom. The lowest BCUT2D eigenvalue weighted by molar-refractivity contribution is 0.0395. The monoisotopic (exact) mass is 205 g/mol. The average Bonchev–Trinajstić information content (AvgIpc) is 2.07. The number of oxime groups is 1. The molecule has 0 amide bonds. The van der Waals surface area contributed by atoms with Gasteiger partial charge in [0.15, 0.2) is 0 Å². The molecule has 0 saturated heterocycles. The Morgan fingerprint density at radius 2 is 2.38 bits per heavy atom. The van der Waals surface area contributed by atoms with Crippen molar-refractivity contribution in [3.8, 4) is 12.0 Å². The Kier molecular flexibility index (Phi) is 2.60. The van der Waals surface area contributed by atoms with Gasteiger partial charge in [-0.25, -0.2) is 4.28 Å². The smallest absolute Gasteiger partial charge is 0.364 e. The highest BCUT2D eigenvalue weighted by Crippen LogP contribution is 2.06. The van der Waals surface area contributed by atoms with Crippen LogP contribution in [-0.2, 0) is 19.0 Å². The fourth-order valence-corrected chi connectivity index (χ4v) is 0.982. The van der Waals surface area contributed by atoms with Crippen molar-refractivity contribution in [3.63, 3.8) is 0 Å². The molecule has 0 spiro atoms. The zero-order valence-electron chi connectivity index (χ0n) is 6.72. The molecule has 1 aliphatic rings. The van der Waals surface area contributed by atoms with Crippen LogP contribution in [0.25, 0.3) is 0 Å². The second-order valence-electron chi connectivity index (χ2n) is 1.94. The van der Waals surface area contributed by atoms with E-state index in [1.165, 1.54) is 0 Å². The zero-order valence-corrected chi connectivity index (χ0v) is 7.54. The lowest BCUT2D eigenvalue weighted by Crippen LogP contribution is -2.39. The van der Waals surface area contributed by atoms with Crippen LogP contribution in [0.4, 0.5) is 0 Å². The Morgan fingerprint density at radius 3 is 3.00 bits per heavy atom. The van der Waals surface area contributed by atoms with Gasteiger partial charge < -0.3 is 5.73 Å². The highest BCUT2D eigenvalue weighted by molar-refractivity contribution is 7.81. The minimum atomic E-state index is -4.14. The van der Waals surface area contributed by atoms with Gasteiger partial charge in [0.25, 0.3) is 5.96 Å². The van der Waals surface area contributed by atoms with E-state index in [0.717, 1.165) is 0 Å². The summed E-state index contributed by atoms with van der Waals surface area (Å²) in [6.45, 7) is 1.79. The first-order valence-corrected chi connectivity index (χ1v) is 4.64. The summed E-state index contributed by atoms with van der Waals surface area (Å²) in [6.07, 6.45) is 0.536. The summed E-state index contributed by atoms with van der Waals surface area (Å²) in [6, 6.07) is 2.32. The third kappa shape index (κ3) is 2.50. The number of rotatable bonds is 0. The van der Waals surface area contributed by atoms with Crippen molar-refractivity contribution in [1.82, 2.24) is 5.06 Å². The maximum Gasteiger partial charge on any atom is 0.492 e. The highest BCUT2D eigenvalue weighted by Gasteiger charge is 2.26. The van der Waals surface area contributed by atoms with Crippen LogP contribution in [0.2, 0.25) is 0 Å². The van der Waals surface area contributed by atoms with Gasteiger partial charge in [0.1, 0.15) is 0 Å². The Bertz CT molecular complexity index is 376. The van der Waals surface area contributed by atoms with Crippen LogP contribution in [-0.4, -0.2) is 19.4 Å². The fourth-order valence-electron chi connectivity index (χ4n) is 0.491. The summed E-state index contributed by atoms with van der Waals surface area (Å²) in [5.41, 5.74) is 5.20. The number of hydroxylamine groups is 2. The van der Waals surface area contributed by atoms with E-state index < -0.39 is 10.4 Å². The second kappa shape index (κ2) is 3.51. The molecule has 0 aromatic carbocycles. The molecule has 72 valence electrons. The van der Waals surface area contributed by atoms with Gasteiger partial charge in [0.2, 0.25) is 0 Å². The molecule has 0 saturated carbocycles. The van der Waals surface area contributed by atoms with Crippen LogP contribution in [0.15, 0.2) is 5.16 Å². The molecule has 0 bridgehead atoms. The first-order chi connectivity index (χ1) is 6.05. The number of nitrogens with zero attached hydrogens (tertiary/aromatic N) is 2. The van der Waals surface area contributed by atoms with Gasteiger partial charge in [-0.15, -0.1) is 5.06 Å². The molecular weight excluding hydrogens is 198 g/mol. The van der Waals surface area contributed by atoms with Gasteiger partial charge in [-0.3, -0.25) is 0 Å². The van der Waals surface area contributed by atoms with E-state index >= 15 is 0 Å². The molecule has 1 aliphatic heterocycles. The lowest BCUT2D eigenvalue weighted by Gasteiger charge is -2.16. The fraction of sp³-hybridized carbons (Fsp3) is 0.400. The molecule has 0 unspecified atom stereocenters. The van der Waals surface area contributed by atoms with Crippen LogP contribution in [0.5, 0.6) is 0 Å². The largest absolute Gasteiger partial charge is 0.492 e. The lowest BCUT2D eigenvalue weighted by atomic mass is 10.5. The summed E-state index contributed by atoms with van der Waals surface area (Å²) in [5, 5.41) is 3.65. The van der Waals surface area contributed by atoms with Crippen LogP contribution in [0.1, 0.15) is 13.3 Å². The number of guanidine groups is 1. The minimum absolute atomic E-state index is 0.268. The minimum Gasteiger partial charge on any atom is -0.364 e. The van der Waals surface area contributed by atoms with Crippen molar-refractivity contribution in [1.29, 1.82) is 0 Å². The van der Waals surface area contributed by atoms with E-state index in [0.29, 0.717) is 11.5 Å². The molecule has 1 heterocycles. The average molecular weight is 205 g/mol. The van der Waals surface area contributed by atoms with Crippen molar-refractivity contribution in [2.24, 2.45) is 10.9 Å². The zero-order chi connectivity index (χ0) is 9.90. The number of hydrogen-bond donors (Lipinski definition) is 1. The van der Waals surface area contributed by atoms with Crippen LogP contribution in [0, 0.1) is 12.0 Å². The molecular formula is C5H7N3O4S. The molecule has 0 fully saturated rings. The van der Waals surface area contributed by atoms with Gasteiger partial charge in [-0.05, 0) is 5.16 Å². The maximum absolute atomic E-state index is 10.7. The van der Waals surface area contributed by atoms with Crippen LogP contribution >= 0.6 is 0 Å². The van der Waals surface area contributed by atoms with Crippen LogP contribution < -0.4 is 5.73 Å². The SMILES string of the molecule is CCC#CN1OS(=O)(=O)ON=C1N. The molecule has 0 aromatic heterocycles. The standard InChI is InChI=1S/C5H7N3O4S/c1-2-3-4-8-5(6)7-11-13(9,10)12-8/h2H2,1H3,(H2,6,7). The molecule has 0 aliphatic carbocycles. The quantitative estimate of drug-likeness (QED) is 0.515. The third-order valence-corrected chi connectivity index (χ3v) is 1.54. The molecule has 0 aromatic rings. The molecule has 1 rings (SSSR count). The van der Waals surface area contributed by atoms with Crippen LogP contribution in [0.3, 0.4) is 0 Å². The Labute approximate surface area is 75.4 Å². The van der Waals surface area contributed by atoms with Gasteiger partial charge in [-0.1, -0.05) is 17.1 Å². The maximum atomic E-state index is 10.7. The first kappa shape index (κ1) is 9.63. The highest BCUT2D eigenvalue weighted by atomic mass is 32.3. The van der Waals surface area contributed by atoms with E-state index in [4.69, 9.17) is 5.73 Å². The normalized spacial score (nSPS) is 19.5. The molecule has 13 heavy (non-hydrogen) atoms. The van der Waals surface area contributed by atoms with Crippen molar-refractivity contribution in [2.45, 2.75) is 13.3 Å². The predicted molar refractivity (Wildman–Crippen MR) is 42.6 cm³/mol. The number of nitrogens with two attached hydrogens (primary N) is 1. The Hall–Kier alpha value is -1.46. The molecule has 0 radical (unpaired) electrons. The van der Waals surface area contributed by atoms with Crippen molar-refractivity contribution in [2.75, 3.05) is 0 Å². The van der Waals surface area contributed by atoms with Crippen molar-refractivity contribution >= 4 is 16.4 Å². The van der Waals surface area contributed by atoms with Gasteiger partial charge in [-0.2, -0.15) is 8.42 Å². The number of hydrogen-bond acceptors (Lipinski definition) is 7. The van der Waals surface area contributed by atoms with Gasteiger partial charge in [0.05, 0.1) is 0 Å². The summed E-state index contributed by atoms with van der Waals surface area (Å²) < 4.78 is 29.4. The first-order valence-electron chi connectivity index (χ1n) is 3.30. The molecule has 0 atom stereocenters.